The Kier molecular flexibility index (Phi) is 4.67. The number of halogens is 2. The third kappa shape index (κ3) is 3.77. The maximum absolute atomic E-state index is 14.9. The smallest absolute Gasteiger partial charge is 0.276 e. The number of fused-ring (bicyclic) bond motifs is 1. The number of hydrogen-bond acceptors (Lipinski definition) is 5. The summed E-state index contributed by atoms with van der Waals surface area (Å²) in [4.78, 5) is 18.4. The first-order chi connectivity index (χ1) is 12.4. The molecule has 1 aliphatic rings. The van der Waals surface area contributed by atoms with E-state index >= 15 is 0 Å². The summed E-state index contributed by atoms with van der Waals surface area (Å²) in [6.45, 7) is 4.85. The van der Waals surface area contributed by atoms with Gasteiger partial charge in [0, 0.05) is 22.8 Å². The van der Waals surface area contributed by atoms with Crippen LogP contribution in [-0.4, -0.2) is 31.2 Å². The number of rotatable bonds is 3. The van der Waals surface area contributed by atoms with E-state index in [0.29, 0.717) is 5.56 Å². The van der Waals surface area contributed by atoms with E-state index in [2.05, 4.69) is 25.6 Å². The van der Waals surface area contributed by atoms with Crippen molar-refractivity contribution in [3.05, 3.63) is 40.2 Å². The summed E-state index contributed by atoms with van der Waals surface area (Å²) in [5.74, 6) is -0.999. The lowest BCUT2D eigenvalue weighted by Gasteiger charge is -2.38. The molecule has 10 heteroatoms. The molecule has 0 radical (unpaired) electrons. The van der Waals surface area contributed by atoms with E-state index in [1.165, 1.54) is 17.2 Å². The number of hydrogen-bond donors (Lipinski definition) is 1. The van der Waals surface area contributed by atoms with Crippen LogP contribution in [0, 0.1) is 12.7 Å². The van der Waals surface area contributed by atoms with E-state index in [1.54, 1.807) is 26.8 Å². The first-order valence-electron chi connectivity index (χ1n) is 7.86. The molecule has 0 fully saturated rings. The van der Waals surface area contributed by atoms with Crippen LogP contribution in [0.4, 0.5) is 21.6 Å². The van der Waals surface area contributed by atoms with E-state index in [9.17, 15) is 17.6 Å². The Morgan fingerprint density at radius 2 is 1.96 bits per heavy atom. The van der Waals surface area contributed by atoms with Crippen molar-refractivity contribution < 1.29 is 22.3 Å². The summed E-state index contributed by atoms with van der Waals surface area (Å²) in [5.41, 5.74) is -0.764. The molecule has 3 rings (SSSR count). The van der Waals surface area contributed by atoms with Gasteiger partial charge in [-0.1, -0.05) is 0 Å². The molecule has 27 heavy (non-hydrogen) atoms. The zero-order chi connectivity index (χ0) is 20.1. The fraction of sp³-hybridized carbons (Fsp3) is 0.294. The number of benzene rings is 1. The summed E-state index contributed by atoms with van der Waals surface area (Å²) in [6, 6.07) is 4.10. The SMILES string of the molecule is Cc1cc(Br)cnc1N1C(=O)C(C)(C)Oc2cc(NS(C)(=O)=O)cc(F)c21. The average molecular weight is 458 g/mol. The van der Waals surface area contributed by atoms with Gasteiger partial charge in [0.25, 0.3) is 5.91 Å². The molecule has 1 aromatic carbocycles. The summed E-state index contributed by atoms with van der Waals surface area (Å²) in [7, 11) is -3.61. The molecular weight excluding hydrogens is 441 g/mol. The van der Waals surface area contributed by atoms with Gasteiger partial charge in [0.15, 0.2) is 11.4 Å². The van der Waals surface area contributed by atoms with Crippen LogP contribution in [0.15, 0.2) is 28.9 Å². The third-order valence-corrected chi connectivity index (χ3v) is 4.91. The van der Waals surface area contributed by atoms with Crippen LogP contribution in [-0.2, 0) is 14.8 Å². The molecule has 0 bridgehead atoms. The number of aromatic nitrogens is 1. The van der Waals surface area contributed by atoms with Crippen LogP contribution in [0.25, 0.3) is 0 Å². The molecule has 7 nitrogen and oxygen atoms in total. The first kappa shape index (κ1) is 19.6. The first-order valence-corrected chi connectivity index (χ1v) is 10.5. The minimum absolute atomic E-state index is 0.000615. The van der Waals surface area contributed by atoms with Crippen molar-refractivity contribution in [2.24, 2.45) is 0 Å². The highest BCUT2D eigenvalue weighted by atomic mass is 79.9. The molecule has 144 valence electrons. The molecule has 0 atom stereocenters. The predicted molar refractivity (Wildman–Crippen MR) is 103 cm³/mol. The zero-order valence-electron chi connectivity index (χ0n) is 15.0. The Bertz CT molecular complexity index is 1060. The summed E-state index contributed by atoms with van der Waals surface area (Å²) >= 11 is 3.31. The fourth-order valence-corrected chi connectivity index (χ4v) is 3.79. The van der Waals surface area contributed by atoms with Crippen LogP contribution in [0.5, 0.6) is 5.75 Å². The number of amides is 1. The van der Waals surface area contributed by atoms with Gasteiger partial charge in [-0.25, -0.2) is 17.8 Å². The van der Waals surface area contributed by atoms with Gasteiger partial charge in [0.05, 0.1) is 11.9 Å². The van der Waals surface area contributed by atoms with Crippen molar-refractivity contribution >= 4 is 49.1 Å². The number of carbonyl (C=O) groups is 1. The normalized spacial score (nSPS) is 15.9. The maximum atomic E-state index is 14.9. The van der Waals surface area contributed by atoms with Crippen molar-refractivity contribution in [3.8, 4) is 5.75 Å². The molecule has 0 spiro atoms. The number of sulfonamides is 1. The second-order valence-corrected chi connectivity index (χ2v) is 9.39. The lowest BCUT2D eigenvalue weighted by molar-refractivity contribution is -0.131. The highest BCUT2D eigenvalue weighted by molar-refractivity contribution is 9.10. The van der Waals surface area contributed by atoms with Gasteiger partial charge < -0.3 is 4.74 Å². The van der Waals surface area contributed by atoms with Crippen molar-refractivity contribution in [1.29, 1.82) is 0 Å². The van der Waals surface area contributed by atoms with E-state index in [0.717, 1.165) is 16.8 Å². The van der Waals surface area contributed by atoms with E-state index in [-0.39, 0.29) is 22.9 Å². The number of nitrogens with zero attached hydrogens (tertiary/aromatic N) is 2. The number of aryl methyl sites for hydroxylation is 1. The second-order valence-electron chi connectivity index (χ2n) is 6.73. The van der Waals surface area contributed by atoms with Crippen LogP contribution in [0.2, 0.25) is 0 Å². The van der Waals surface area contributed by atoms with Gasteiger partial charge in [0.1, 0.15) is 17.3 Å². The van der Waals surface area contributed by atoms with Gasteiger partial charge in [-0.2, -0.15) is 0 Å². The fourth-order valence-electron chi connectivity index (χ4n) is 2.80. The molecule has 1 amide bonds. The number of pyridine rings is 1. The number of ether oxygens (including phenoxy) is 1. The lowest BCUT2D eigenvalue weighted by Crippen LogP contribution is -2.51. The Morgan fingerprint density at radius 1 is 1.30 bits per heavy atom. The average Bonchev–Trinajstić information content (AvgIpc) is 2.48. The van der Waals surface area contributed by atoms with Crippen LogP contribution in [0.1, 0.15) is 19.4 Å². The molecule has 2 heterocycles. The van der Waals surface area contributed by atoms with Crippen LogP contribution >= 0.6 is 15.9 Å². The summed E-state index contributed by atoms with van der Waals surface area (Å²) in [6.07, 6.45) is 2.47. The van der Waals surface area contributed by atoms with E-state index in [4.69, 9.17) is 4.74 Å². The van der Waals surface area contributed by atoms with Gasteiger partial charge >= 0.3 is 0 Å². The number of nitrogens with one attached hydrogen (secondary N) is 1. The Morgan fingerprint density at radius 3 is 2.56 bits per heavy atom. The van der Waals surface area contributed by atoms with Gasteiger partial charge in [-0.05, 0) is 48.3 Å². The summed E-state index contributed by atoms with van der Waals surface area (Å²) < 4.78 is 46.5. The molecule has 0 aliphatic carbocycles. The highest BCUT2D eigenvalue weighted by Gasteiger charge is 2.44. The predicted octanol–water partition coefficient (Wildman–Crippen LogP) is 3.50. The molecule has 1 N–H and O–H groups in total. The molecular formula is C17H17BrFN3O4S. The van der Waals surface area contributed by atoms with Gasteiger partial charge in [-0.3, -0.25) is 14.4 Å². The standard InChI is InChI=1S/C17H17BrFN3O4S/c1-9-5-10(18)8-20-15(9)22-14-12(19)6-11(21-27(4,24)25)7-13(14)26-17(2,3)16(22)23/h5-8,21H,1-4H3. The Balaban J connectivity index is 2.23. The van der Waals surface area contributed by atoms with E-state index in [1.807, 2.05) is 0 Å². The molecule has 1 aliphatic heterocycles. The quantitative estimate of drug-likeness (QED) is 0.761. The third-order valence-electron chi connectivity index (χ3n) is 3.87. The van der Waals surface area contributed by atoms with E-state index < -0.39 is 27.3 Å². The largest absolute Gasteiger partial charge is 0.476 e. The monoisotopic (exact) mass is 457 g/mol. The Hall–Kier alpha value is -2.20. The Labute approximate surface area is 164 Å². The number of carbonyl (C=O) groups excluding carboxylic acids is 1. The van der Waals surface area contributed by atoms with Crippen LogP contribution in [0.3, 0.4) is 0 Å². The topological polar surface area (TPSA) is 88.6 Å². The molecule has 1 aromatic heterocycles. The van der Waals surface area contributed by atoms with Crippen molar-refractivity contribution in [2.45, 2.75) is 26.4 Å². The zero-order valence-corrected chi connectivity index (χ0v) is 17.4. The molecule has 0 saturated carbocycles. The summed E-state index contributed by atoms with van der Waals surface area (Å²) in [5, 5.41) is 0. The molecule has 0 saturated heterocycles. The highest BCUT2D eigenvalue weighted by Crippen LogP contribution is 2.45. The van der Waals surface area contributed by atoms with Crippen molar-refractivity contribution in [2.75, 3.05) is 15.9 Å². The van der Waals surface area contributed by atoms with Gasteiger partial charge in [-0.15, -0.1) is 0 Å². The minimum atomic E-state index is -3.61. The maximum Gasteiger partial charge on any atom is 0.276 e. The molecule has 0 unspecified atom stereocenters. The molecule has 2 aromatic rings. The van der Waals surface area contributed by atoms with Crippen molar-refractivity contribution in [1.82, 2.24) is 4.98 Å². The van der Waals surface area contributed by atoms with Crippen molar-refractivity contribution in [3.63, 3.8) is 0 Å². The van der Waals surface area contributed by atoms with Gasteiger partial charge in [0.2, 0.25) is 10.0 Å². The number of anilines is 3. The van der Waals surface area contributed by atoms with Crippen LogP contribution < -0.4 is 14.4 Å². The minimum Gasteiger partial charge on any atom is -0.476 e. The second kappa shape index (κ2) is 6.45. The lowest BCUT2D eigenvalue weighted by atomic mass is 10.0.